The molecule has 1 saturated carbocycles. The molecule has 0 heterocycles. The highest BCUT2D eigenvalue weighted by Crippen LogP contribution is 2.27. The normalized spacial score (nSPS) is 18.6. The lowest BCUT2D eigenvalue weighted by Gasteiger charge is -2.28. The van der Waals surface area contributed by atoms with Crippen molar-refractivity contribution >= 4 is 24.1 Å². The Morgan fingerprint density at radius 2 is 1.16 bits per heavy atom. The van der Waals surface area contributed by atoms with Crippen molar-refractivity contribution < 1.29 is 39.5 Å². The van der Waals surface area contributed by atoms with E-state index in [9.17, 15) is 30.0 Å². The van der Waals surface area contributed by atoms with Crippen molar-refractivity contribution in [1.82, 2.24) is 0 Å². The van der Waals surface area contributed by atoms with Gasteiger partial charge in [0.2, 0.25) is 0 Å². The lowest BCUT2D eigenvalue weighted by Crippen LogP contribution is -2.30. The predicted molar refractivity (Wildman–Crippen MR) is 116 cm³/mol. The topological polar surface area (TPSA) is 134 Å². The van der Waals surface area contributed by atoms with E-state index < -0.39 is 11.9 Å². The Morgan fingerprint density at radius 1 is 0.719 bits per heavy atom. The second-order valence-electron chi connectivity index (χ2n) is 7.45. The maximum absolute atomic E-state index is 12.1. The van der Waals surface area contributed by atoms with Gasteiger partial charge in [0.25, 0.3) is 0 Å². The minimum absolute atomic E-state index is 0.247. The molecule has 32 heavy (non-hydrogen) atoms. The fraction of sp³-hybridized carbons (Fsp3) is 0.250. The van der Waals surface area contributed by atoms with E-state index in [-0.39, 0.29) is 35.2 Å². The number of benzene rings is 2. The molecule has 0 saturated heterocycles. The standard InChI is InChI=1S/C24H24O8/c25-19-8-4-15(12-21(19)27)6-10-23(29)31-17-2-1-3-18(14-17)32-24(30)11-7-16-5-9-20(26)22(28)13-16/h4-13,17-18,25-28H,1-3,14H2/b10-6+,11-7+/t17-,18-/m0/s1. The average Bonchev–Trinajstić information content (AvgIpc) is 2.75. The first kappa shape index (κ1) is 22.7. The quantitative estimate of drug-likeness (QED) is 0.304. The summed E-state index contributed by atoms with van der Waals surface area (Å²) >= 11 is 0. The van der Waals surface area contributed by atoms with Crippen molar-refractivity contribution in [3.05, 3.63) is 59.7 Å². The molecule has 4 N–H and O–H groups in total. The van der Waals surface area contributed by atoms with Gasteiger partial charge < -0.3 is 29.9 Å². The van der Waals surface area contributed by atoms with Gasteiger partial charge in [0, 0.05) is 18.6 Å². The minimum atomic E-state index is -0.554. The lowest BCUT2D eigenvalue weighted by molar-refractivity contribution is -0.152. The van der Waals surface area contributed by atoms with E-state index >= 15 is 0 Å². The van der Waals surface area contributed by atoms with Crippen LogP contribution in [0.5, 0.6) is 23.0 Å². The van der Waals surface area contributed by atoms with Crippen LogP contribution in [0.25, 0.3) is 12.2 Å². The molecule has 1 aliphatic carbocycles. The first-order valence-corrected chi connectivity index (χ1v) is 10.1. The van der Waals surface area contributed by atoms with Crippen LogP contribution in [0, 0.1) is 0 Å². The zero-order chi connectivity index (χ0) is 23.1. The van der Waals surface area contributed by atoms with Gasteiger partial charge in [0.1, 0.15) is 12.2 Å². The second-order valence-corrected chi connectivity index (χ2v) is 7.45. The lowest BCUT2D eigenvalue weighted by atomic mass is 9.95. The highest BCUT2D eigenvalue weighted by atomic mass is 16.6. The van der Waals surface area contributed by atoms with Crippen LogP contribution < -0.4 is 0 Å². The van der Waals surface area contributed by atoms with Gasteiger partial charge in [-0.05, 0) is 66.8 Å². The van der Waals surface area contributed by atoms with Gasteiger partial charge in [-0.3, -0.25) is 0 Å². The van der Waals surface area contributed by atoms with Crippen LogP contribution in [-0.2, 0) is 19.1 Å². The molecular weight excluding hydrogens is 416 g/mol. The molecule has 8 nitrogen and oxygen atoms in total. The van der Waals surface area contributed by atoms with Crippen LogP contribution in [0.2, 0.25) is 0 Å². The van der Waals surface area contributed by atoms with Gasteiger partial charge in [0.05, 0.1) is 0 Å². The molecule has 0 spiro atoms. The molecule has 1 aliphatic rings. The zero-order valence-corrected chi connectivity index (χ0v) is 17.2. The van der Waals surface area contributed by atoms with Gasteiger partial charge >= 0.3 is 11.9 Å². The molecule has 0 bridgehead atoms. The highest BCUT2D eigenvalue weighted by Gasteiger charge is 2.26. The largest absolute Gasteiger partial charge is 0.504 e. The van der Waals surface area contributed by atoms with E-state index in [1.807, 2.05) is 0 Å². The van der Waals surface area contributed by atoms with E-state index in [4.69, 9.17) is 9.47 Å². The van der Waals surface area contributed by atoms with Gasteiger partial charge in [-0.2, -0.15) is 0 Å². The molecule has 2 aromatic carbocycles. The Labute approximate surface area is 184 Å². The number of esters is 2. The van der Waals surface area contributed by atoms with Crippen LogP contribution in [0.3, 0.4) is 0 Å². The van der Waals surface area contributed by atoms with Crippen molar-refractivity contribution in [2.45, 2.75) is 37.9 Å². The van der Waals surface area contributed by atoms with E-state index in [1.165, 1.54) is 48.6 Å². The SMILES string of the molecule is O=C(/C=C/c1ccc(O)c(O)c1)O[C@H]1CCC[C@H](OC(=O)/C=C/c2ccc(O)c(O)c2)C1. The molecule has 3 rings (SSSR count). The molecular formula is C24H24O8. The summed E-state index contributed by atoms with van der Waals surface area (Å²) in [5.74, 6) is -2.17. The first-order chi connectivity index (χ1) is 15.3. The summed E-state index contributed by atoms with van der Waals surface area (Å²) < 4.78 is 10.9. The summed E-state index contributed by atoms with van der Waals surface area (Å²) in [4.78, 5) is 24.2. The summed E-state index contributed by atoms with van der Waals surface area (Å²) in [7, 11) is 0. The number of rotatable bonds is 6. The van der Waals surface area contributed by atoms with Gasteiger partial charge in [-0.15, -0.1) is 0 Å². The van der Waals surface area contributed by atoms with Crippen molar-refractivity contribution in [2.24, 2.45) is 0 Å². The number of phenols is 4. The van der Waals surface area contributed by atoms with E-state index in [1.54, 1.807) is 12.1 Å². The molecule has 8 heteroatoms. The van der Waals surface area contributed by atoms with Crippen molar-refractivity contribution in [3.8, 4) is 23.0 Å². The van der Waals surface area contributed by atoms with Crippen LogP contribution in [0.1, 0.15) is 36.8 Å². The van der Waals surface area contributed by atoms with Crippen LogP contribution in [-0.4, -0.2) is 44.6 Å². The molecule has 168 valence electrons. The van der Waals surface area contributed by atoms with Crippen molar-refractivity contribution in [3.63, 3.8) is 0 Å². The minimum Gasteiger partial charge on any atom is -0.504 e. The Morgan fingerprint density at radius 3 is 1.56 bits per heavy atom. The zero-order valence-electron chi connectivity index (χ0n) is 17.2. The Bertz CT molecular complexity index is 959. The Balaban J connectivity index is 1.48. The maximum atomic E-state index is 12.1. The number of hydrogen-bond acceptors (Lipinski definition) is 8. The molecule has 0 aromatic heterocycles. The van der Waals surface area contributed by atoms with E-state index in [0.717, 1.165) is 6.42 Å². The van der Waals surface area contributed by atoms with Crippen molar-refractivity contribution in [2.75, 3.05) is 0 Å². The second kappa shape index (κ2) is 10.4. The molecule has 0 aliphatic heterocycles. The third-order valence-electron chi connectivity index (χ3n) is 4.97. The number of aromatic hydroxyl groups is 4. The molecule has 0 amide bonds. The number of ether oxygens (including phenoxy) is 2. The summed E-state index contributed by atoms with van der Waals surface area (Å²) in [5.41, 5.74) is 1.06. The smallest absolute Gasteiger partial charge is 0.331 e. The summed E-state index contributed by atoms with van der Waals surface area (Å²) in [6.07, 6.45) is 7.08. The highest BCUT2D eigenvalue weighted by molar-refractivity contribution is 5.88. The first-order valence-electron chi connectivity index (χ1n) is 10.1. The monoisotopic (exact) mass is 440 g/mol. The number of phenolic OH excluding ortho intramolecular Hbond substituents is 4. The van der Waals surface area contributed by atoms with Crippen LogP contribution in [0.4, 0.5) is 0 Å². The van der Waals surface area contributed by atoms with E-state index in [2.05, 4.69) is 0 Å². The van der Waals surface area contributed by atoms with Crippen LogP contribution in [0.15, 0.2) is 48.6 Å². The van der Waals surface area contributed by atoms with Gasteiger partial charge in [-0.1, -0.05) is 12.1 Å². The molecule has 0 unspecified atom stereocenters. The van der Waals surface area contributed by atoms with Crippen LogP contribution >= 0.6 is 0 Å². The summed E-state index contributed by atoms with van der Waals surface area (Å²) in [5, 5.41) is 37.6. The molecule has 1 fully saturated rings. The number of carbonyl (C=O) groups is 2. The fourth-order valence-corrected chi connectivity index (χ4v) is 3.34. The summed E-state index contributed by atoms with van der Waals surface area (Å²) in [6, 6.07) is 8.37. The summed E-state index contributed by atoms with van der Waals surface area (Å²) in [6.45, 7) is 0. The number of hydrogen-bond donors (Lipinski definition) is 4. The third kappa shape index (κ3) is 6.53. The number of carbonyl (C=O) groups excluding carboxylic acids is 2. The Hall–Kier alpha value is -3.94. The van der Waals surface area contributed by atoms with Crippen molar-refractivity contribution in [1.29, 1.82) is 0 Å². The fourth-order valence-electron chi connectivity index (χ4n) is 3.34. The molecule has 0 radical (unpaired) electrons. The Kier molecular flexibility index (Phi) is 7.38. The van der Waals surface area contributed by atoms with Gasteiger partial charge in [0.15, 0.2) is 23.0 Å². The van der Waals surface area contributed by atoms with Gasteiger partial charge in [-0.25, -0.2) is 9.59 Å². The predicted octanol–water partition coefficient (Wildman–Crippen LogP) is 3.63. The molecule has 2 atom stereocenters. The maximum Gasteiger partial charge on any atom is 0.331 e. The molecule has 2 aromatic rings. The average molecular weight is 440 g/mol. The third-order valence-corrected chi connectivity index (χ3v) is 4.97. The van der Waals surface area contributed by atoms with E-state index in [0.29, 0.717) is 30.4 Å².